The van der Waals surface area contributed by atoms with Crippen molar-refractivity contribution in [1.29, 1.82) is 0 Å². The van der Waals surface area contributed by atoms with Gasteiger partial charge in [0, 0.05) is 0 Å². The van der Waals surface area contributed by atoms with Crippen LogP contribution in [0.2, 0.25) is 0 Å². The van der Waals surface area contributed by atoms with Crippen LogP contribution in [0, 0.1) is 0 Å². The van der Waals surface area contributed by atoms with Gasteiger partial charge in [-0.1, -0.05) is 12.1 Å². The summed E-state index contributed by atoms with van der Waals surface area (Å²) in [4.78, 5) is 11.3. The largest absolute Gasteiger partial charge is 0.495 e. The Morgan fingerprint density at radius 3 is 2.69 bits per heavy atom. The molecular formula is C11H14N2O3. The number of para-hydroxylation sites is 2. The molecule has 0 radical (unpaired) electrons. The molecule has 2 rings (SSSR count). The second kappa shape index (κ2) is 4.02. The van der Waals surface area contributed by atoms with Gasteiger partial charge >= 0.3 is 0 Å². The summed E-state index contributed by atoms with van der Waals surface area (Å²) in [5.74, 6) is 0.264. The van der Waals surface area contributed by atoms with Gasteiger partial charge in [0.15, 0.2) is 5.54 Å². The van der Waals surface area contributed by atoms with Crippen LogP contribution in [-0.4, -0.2) is 31.8 Å². The average Bonchev–Trinajstić information content (AvgIpc) is 2.23. The Kier molecular flexibility index (Phi) is 2.70. The zero-order valence-corrected chi connectivity index (χ0v) is 9.03. The first kappa shape index (κ1) is 10.8. The lowest BCUT2D eigenvalue weighted by Crippen LogP contribution is -2.64. The van der Waals surface area contributed by atoms with Gasteiger partial charge in [0.25, 0.3) is 0 Å². The molecule has 0 spiro atoms. The lowest BCUT2D eigenvalue weighted by atomic mass is 9.96. The van der Waals surface area contributed by atoms with E-state index in [0.29, 0.717) is 19.0 Å². The van der Waals surface area contributed by atoms with E-state index in [0.717, 1.165) is 5.69 Å². The van der Waals surface area contributed by atoms with E-state index >= 15 is 0 Å². The van der Waals surface area contributed by atoms with Crippen LogP contribution in [0.1, 0.15) is 0 Å². The van der Waals surface area contributed by atoms with Gasteiger partial charge in [-0.25, -0.2) is 0 Å². The van der Waals surface area contributed by atoms with Crippen molar-refractivity contribution < 1.29 is 14.3 Å². The Bertz CT molecular complexity index is 402. The molecule has 86 valence electrons. The van der Waals surface area contributed by atoms with Crippen molar-refractivity contribution in [3.8, 4) is 5.75 Å². The van der Waals surface area contributed by atoms with Gasteiger partial charge in [0.2, 0.25) is 5.91 Å². The minimum absolute atomic E-state index is 0.292. The minimum Gasteiger partial charge on any atom is -0.495 e. The number of carbonyl (C=O) groups excluding carboxylic acids is 1. The van der Waals surface area contributed by atoms with E-state index in [1.54, 1.807) is 7.11 Å². The molecule has 1 heterocycles. The average molecular weight is 222 g/mol. The number of carbonyl (C=O) groups is 1. The van der Waals surface area contributed by atoms with Crippen molar-refractivity contribution in [1.82, 2.24) is 0 Å². The van der Waals surface area contributed by atoms with Crippen molar-refractivity contribution in [3.63, 3.8) is 0 Å². The Labute approximate surface area is 93.5 Å². The second-order valence-electron chi connectivity index (χ2n) is 3.76. The molecule has 1 amide bonds. The summed E-state index contributed by atoms with van der Waals surface area (Å²) in [6.45, 7) is 0.584. The van der Waals surface area contributed by atoms with E-state index in [1.165, 1.54) is 0 Å². The standard InChI is InChI=1S/C11H14N2O3/c1-15-9-5-3-2-4-8(9)13-11(10(12)14)6-16-7-11/h2-5,13H,6-7H2,1H3,(H2,12,14). The van der Waals surface area contributed by atoms with Crippen molar-refractivity contribution in [2.24, 2.45) is 5.73 Å². The zero-order valence-electron chi connectivity index (χ0n) is 9.03. The maximum Gasteiger partial charge on any atom is 0.247 e. The van der Waals surface area contributed by atoms with Crippen LogP contribution in [0.5, 0.6) is 5.75 Å². The SMILES string of the molecule is COc1ccccc1NC1(C(N)=O)COC1. The van der Waals surface area contributed by atoms with Crippen molar-refractivity contribution in [2.45, 2.75) is 5.54 Å². The summed E-state index contributed by atoms with van der Waals surface area (Å²) in [6.07, 6.45) is 0. The van der Waals surface area contributed by atoms with Gasteiger partial charge in [-0.05, 0) is 12.1 Å². The van der Waals surface area contributed by atoms with Gasteiger partial charge in [0.1, 0.15) is 5.75 Å². The Balaban J connectivity index is 2.22. The van der Waals surface area contributed by atoms with E-state index in [2.05, 4.69) is 5.32 Å². The minimum atomic E-state index is -0.797. The molecule has 3 N–H and O–H groups in total. The molecule has 1 aromatic carbocycles. The smallest absolute Gasteiger partial charge is 0.247 e. The number of primary amides is 1. The van der Waals surface area contributed by atoms with Crippen LogP contribution in [-0.2, 0) is 9.53 Å². The first-order chi connectivity index (χ1) is 7.68. The van der Waals surface area contributed by atoms with Gasteiger partial charge in [-0.2, -0.15) is 0 Å². The second-order valence-corrected chi connectivity index (χ2v) is 3.76. The van der Waals surface area contributed by atoms with Gasteiger partial charge < -0.3 is 20.5 Å². The number of anilines is 1. The molecule has 1 aromatic rings. The topological polar surface area (TPSA) is 73.6 Å². The fourth-order valence-electron chi connectivity index (χ4n) is 1.59. The summed E-state index contributed by atoms with van der Waals surface area (Å²) in [7, 11) is 1.58. The number of hydrogen-bond donors (Lipinski definition) is 2. The maximum absolute atomic E-state index is 11.3. The van der Waals surface area contributed by atoms with Crippen molar-refractivity contribution >= 4 is 11.6 Å². The highest BCUT2D eigenvalue weighted by molar-refractivity contribution is 5.89. The molecular weight excluding hydrogens is 208 g/mol. The number of methoxy groups -OCH3 is 1. The van der Waals surface area contributed by atoms with E-state index in [-0.39, 0.29) is 0 Å². The molecule has 0 unspecified atom stereocenters. The molecule has 5 nitrogen and oxygen atoms in total. The molecule has 1 aliphatic rings. The van der Waals surface area contributed by atoms with Crippen molar-refractivity contribution in [3.05, 3.63) is 24.3 Å². The number of ether oxygens (including phenoxy) is 2. The highest BCUT2D eigenvalue weighted by atomic mass is 16.5. The molecule has 0 bridgehead atoms. The molecule has 1 fully saturated rings. The van der Waals surface area contributed by atoms with Crippen LogP contribution >= 0.6 is 0 Å². The van der Waals surface area contributed by atoms with E-state index in [9.17, 15) is 4.79 Å². The zero-order chi connectivity index (χ0) is 11.6. The van der Waals surface area contributed by atoms with E-state index < -0.39 is 11.4 Å². The first-order valence-corrected chi connectivity index (χ1v) is 4.97. The molecule has 0 atom stereocenters. The van der Waals surface area contributed by atoms with Gasteiger partial charge in [-0.15, -0.1) is 0 Å². The number of hydrogen-bond acceptors (Lipinski definition) is 4. The van der Waals surface area contributed by atoms with Crippen LogP contribution in [0.25, 0.3) is 0 Å². The number of nitrogens with one attached hydrogen (secondary N) is 1. The number of amides is 1. The maximum atomic E-state index is 11.3. The van der Waals surface area contributed by atoms with Gasteiger partial charge in [-0.3, -0.25) is 4.79 Å². The lowest BCUT2D eigenvalue weighted by molar-refractivity contribution is -0.137. The van der Waals surface area contributed by atoms with E-state index in [1.807, 2.05) is 24.3 Å². The monoisotopic (exact) mass is 222 g/mol. The summed E-state index contributed by atoms with van der Waals surface area (Å²) in [5.41, 5.74) is 5.30. The molecule has 1 aliphatic heterocycles. The third-order valence-corrected chi connectivity index (χ3v) is 2.65. The highest BCUT2D eigenvalue weighted by Gasteiger charge is 2.45. The Hall–Kier alpha value is -1.75. The summed E-state index contributed by atoms with van der Waals surface area (Å²) in [5, 5.41) is 3.09. The van der Waals surface area contributed by atoms with Crippen LogP contribution in [0.15, 0.2) is 24.3 Å². The first-order valence-electron chi connectivity index (χ1n) is 4.97. The number of nitrogens with two attached hydrogens (primary N) is 1. The molecule has 1 saturated heterocycles. The fraction of sp³-hybridized carbons (Fsp3) is 0.364. The molecule has 0 saturated carbocycles. The lowest BCUT2D eigenvalue weighted by Gasteiger charge is -2.39. The van der Waals surface area contributed by atoms with Gasteiger partial charge in [0.05, 0.1) is 26.0 Å². The Morgan fingerprint density at radius 1 is 1.50 bits per heavy atom. The normalized spacial score (nSPS) is 17.3. The summed E-state index contributed by atoms with van der Waals surface area (Å²) >= 11 is 0. The number of rotatable bonds is 4. The highest BCUT2D eigenvalue weighted by Crippen LogP contribution is 2.29. The van der Waals surface area contributed by atoms with Crippen LogP contribution < -0.4 is 15.8 Å². The van der Waals surface area contributed by atoms with E-state index in [4.69, 9.17) is 15.2 Å². The molecule has 16 heavy (non-hydrogen) atoms. The predicted molar refractivity (Wildman–Crippen MR) is 59.4 cm³/mol. The molecule has 0 aromatic heterocycles. The fourth-order valence-corrected chi connectivity index (χ4v) is 1.59. The quantitative estimate of drug-likeness (QED) is 0.771. The Morgan fingerprint density at radius 2 is 2.19 bits per heavy atom. The summed E-state index contributed by atoms with van der Waals surface area (Å²) in [6, 6.07) is 7.37. The predicted octanol–water partition coefficient (Wildman–Crippen LogP) is 0.361. The number of benzene rings is 1. The van der Waals surface area contributed by atoms with Crippen molar-refractivity contribution in [2.75, 3.05) is 25.6 Å². The molecule has 0 aliphatic carbocycles. The third kappa shape index (κ3) is 1.69. The van der Waals surface area contributed by atoms with Crippen LogP contribution in [0.4, 0.5) is 5.69 Å². The third-order valence-electron chi connectivity index (χ3n) is 2.65. The molecule has 5 heteroatoms. The van der Waals surface area contributed by atoms with Crippen LogP contribution in [0.3, 0.4) is 0 Å². The summed E-state index contributed by atoms with van der Waals surface area (Å²) < 4.78 is 10.2.